The van der Waals surface area contributed by atoms with Crippen LogP contribution in [0.5, 0.6) is 0 Å². The van der Waals surface area contributed by atoms with Crippen molar-refractivity contribution in [2.45, 2.75) is 52.4 Å². The summed E-state index contributed by atoms with van der Waals surface area (Å²) in [5, 5.41) is 7.96. The Kier molecular flexibility index (Phi) is 6.08. The van der Waals surface area contributed by atoms with Gasteiger partial charge in [-0.3, -0.25) is 4.68 Å². The van der Waals surface area contributed by atoms with E-state index in [0.29, 0.717) is 0 Å². The Hall–Kier alpha value is -0.830. The predicted molar refractivity (Wildman–Crippen MR) is 84.7 cm³/mol. The van der Waals surface area contributed by atoms with E-state index in [0.717, 1.165) is 24.3 Å². The highest BCUT2D eigenvalue weighted by atomic mass is 15.2. The number of nitrogens with zero attached hydrogens (tertiary/aromatic N) is 2. The van der Waals surface area contributed by atoms with E-state index in [9.17, 15) is 0 Å². The number of aryl methyl sites for hydroxylation is 1. The highest BCUT2D eigenvalue weighted by Gasteiger charge is 2.29. The molecule has 0 saturated heterocycles. The molecular weight excluding hydrogens is 246 g/mol. The summed E-state index contributed by atoms with van der Waals surface area (Å²) in [5.41, 5.74) is 1.41. The summed E-state index contributed by atoms with van der Waals surface area (Å²) < 4.78 is 1.93. The molecule has 0 aromatic carbocycles. The Morgan fingerprint density at radius 1 is 1.30 bits per heavy atom. The third-order valence-electron chi connectivity index (χ3n) is 4.92. The molecule has 1 saturated carbocycles. The van der Waals surface area contributed by atoms with Gasteiger partial charge in [-0.15, -0.1) is 0 Å². The lowest BCUT2D eigenvalue weighted by atomic mass is 9.71. The second-order valence-corrected chi connectivity index (χ2v) is 6.54. The average Bonchev–Trinajstić information content (AvgIpc) is 2.86. The fourth-order valence-electron chi connectivity index (χ4n) is 3.66. The van der Waals surface area contributed by atoms with Crippen LogP contribution in [0.25, 0.3) is 0 Å². The van der Waals surface area contributed by atoms with Gasteiger partial charge in [-0.2, -0.15) is 5.10 Å². The van der Waals surface area contributed by atoms with Gasteiger partial charge >= 0.3 is 0 Å². The summed E-state index contributed by atoms with van der Waals surface area (Å²) in [6.07, 6.45) is 12.3. The average molecular weight is 277 g/mol. The molecule has 114 valence electrons. The molecule has 3 heteroatoms. The van der Waals surface area contributed by atoms with Crippen LogP contribution in [-0.2, 0) is 13.5 Å². The van der Waals surface area contributed by atoms with Crippen LogP contribution >= 0.6 is 0 Å². The van der Waals surface area contributed by atoms with Gasteiger partial charge in [-0.25, -0.2) is 0 Å². The molecule has 1 aliphatic carbocycles. The van der Waals surface area contributed by atoms with Crippen LogP contribution in [0, 0.1) is 17.8 Å². The van der Waals surface area contributed by atoms with Crippen LogP contribution < -0.4 is 5.32 Å². The molecule has 3 unspecified atom stereocenters. The lowest BCUT2D eigenvalue weighted by Crippen LogP contribution is -2.34. The van der Waals surface area contributed by atoms with Crippen molar-refractivity contribution in [3.63, 3.8) is 0 Å². The van der Waals surface area contributed by atoms with E-state index in [-0.39, 0.29) is 0 Å². The molecule has 0 aliphatic heterocycles. The van der Waals surface area contributed by atoms with Crippen LogP contribution in [0.15, 0.2) is 12.4 Å². The van der Waals surface area contributed by atoms with Crippen LogP contribution in [0.4, 0.5) is 0 Å². The van der Waals surface area contributed by atoms with E-state index in [1.54, 1.807) is 0 Å². The van der Waals surface area contributed by atoms with Gasteiger partial charge in [0.2, 0.25) is 0 Å². The topological polar surface area (TPSA) is 29.9 Å². The number of hydrogen-bond donors (Lipinski definition) is 1. The normalized spacial score (nSPS) is 26.9. The summed E-state index contributed by atoms with van der Waals surface area (Å²) in [4.78, 5) is 0. The van der Waals surface area contributed by atoms with Crippen molar-refractivity contribution in [3.8, 4) is 0 Å². The van der Waals surface area contributed by atoms with E-state index in [4.69, 9.17) is 0 Å². The van der Waals surface area contributed by atoms with Gasteiger partial charge in [0, 0.05) is 13.2 Å². The Morgan fingerprint density at radius 2 is 2.15 bits per heavy atom. The van der Waals surface area contributed by atoms with Crippen molar-refractivity contribution < 1.29 is 0 Å². The quantitative estimate of drug-likeness (QED) is 0.774. The molecule has 0 spiro atoms. The maximum atomic E-state index is 4.32. The number of hydrogen-bond acceptors (Lipinski definition) is 2. The zero-order valence-electron chi connectivity index (χ0n) is 13.4. The highest BCUT2D eigenvalue weighted by molar-refractivity contribution is 5.06. The minimum atomic E-state index is 0.835. The molecular formula is C17H31N3. The number of aromatic nitrogens is 2. The third-order valence-corrected chi connectivity index (χ3v) is 4.92. The maximum absolute atomic E-state index is 4.32. The zero-order valence-corrected chi connectivity index (χ0v) is 13.4. The molecule has 1 fully saturated rings. The van der Waals surface area contributed by atoms with Crippen molar-refractivity contribution >= 4 is 0 Å². The van der Waals surface area contributed by atoms with Gasteiger partial charge < -0.3 is 5.32 Å². The summed E-state index contributed by atoms with van der Waals surface area (Å²) >= 11 is 0. The summed E-state index contributed by atoms with van der Waals surface area (Å²) in [5.74, 6) is 2.63. The molecule has 1 N–H and O–H groups in total. The highest BCUT2D eigenvalue weighted by Crippen LogP contribution is 2.37. The Balaban J connectivity index is 1.94. The lowest BCUT2D eigenvalue weighted by molar-refractivity contribution is 0.171. The van der Waals surface area contributed by atoms with E-state index in [2.05, 4.69) is 30.5 Å². The first kappa shape index (κ1) is 15.6. The van der Waals surface area contributed by atoms with Gasteiger partial charge in [0.25, 0.3) is 0 Å². The third kappa shape index (κ3) is 4.34. The second kappa shape index (κ2) is 7.82. The fraction of sp³-hybridized carbons (Fsp3) is 0.824. The van der Waals surface area contributed by atoms with Crippen molar-refractivity contribution in [3.05, 3.63) is 18.0 Å². The summed E-state index contributed by atoms with van der Waals surface area (Å²) in [6, 6.07) is 0. The minimum absolute atomic E-state index is 0.835. The molecule has 0 radical (unpaired) electrons. The number of nitrogens with one attached hydrogen (secondary N) is 1. The van der Waals surface area contributed by atoms with Crippen molar-refractivity contribution in [1.82, 2.24) is 15.1 Å². The van der Waals surface area contributed by atoms with Crippen LogP contribution in [0.3, 0.4) is 0 Å². The minimum Gasteiger partial charge on any atom is -0.316 e. The Labute approximate surface area is 124 Å². The van der Waals surface area contributed by atoms with E-state index >= 15 is 0 Å². The van der Waals surface area contributed by atoms with E-state index in [1.807, 2.05) is 17.9 Å². The van der Waals surface area contributed by atoms with Crippen LogP contribution in [0.1, 0.15) is 51.5 Å². The lowest BCUT2D eigenvalue weighted by Gasteiger charge is -2.36. The molecule has 0 bridgehead atoms. The second-order valence-electron chi connectivity index (χ2n) is 6.54. The monoisotopic (exact) mass is 277 g/mol. The van der Waals surface area contributed by atoms with Gasteiger partial charge in [0.1, 0.15) is 0 Å². The largest absolute Gasteiger partial charge is 0.316 e. The first-order valence-corrected chi connectivity index (χ1v) is 8.41. The fourth-order valence-corrected chi connectivity index (χ4v) is 3.66. The molecule has 20 heavy (non-hydrogen) atoms. The molecule has 3 nitrogen and oxygen atoms in total. The summed E-state index contributed by atoms with van der Waals surface area (Å²) in [6.45, 7) is 6.96. The van der Waals surface area contributed by atoms with Gasteiger partial charge in [-0.1, -0.05) is 26.7 Å². The van der Waals surface area contributed by atoms with Crippen LogP contribution in [0.2, 0.25) is 0 Å². The Bertz CT molecular complexity index is 383. The van der Waals surface area contributed by atoms with Gasteiger partial charge in [0.05, 0.1) is 6.20 Å². The van der Waals surface area contributed by atoms with Crippen molar-refractivity contribution in [2.24, 2.45) is 24.8 Å². The first-order valence-electron chi connectivity index (χ1n) is 8.41. The molecule has 1 aromatic rings. The first-order chi connectivity index (χ1) is 9.72. The molecule has 2 rings (SSSR count). The van der Waals surface area contributed by atoms with E-state index < -0.39 is 0 Å². The molecule has 1 aliphatic rings. The van der Waals surface area contributed by atoms with Gasteiger partial charge in [-0.05, 0) is 62.1 Å². The zero-order chi connectivity index (χ0) is 14.4. The van der Waals surface area contributed by atoms with Crippen molar-refractivity contribution in [1.29, 1.82) is 0 Å². The Morgan fingerprint density at radius 3 is 2.80 bits per heavy atom. The number of rotatable bonds is 7. The summed E-state index contributed by atoms with van der Waals surface area (Å²) in [7, 11) is 2.01. The predicted octanol–water partition coefficient (Wildman–Crippen LogP) is 3.40. The molecule has 0 amide bonds. The van der Waals surface area contributed by atoms with Gasteiger partial charge in [0.15, 0.2) is 0 Å². The maximum Gasteiger partial charge on any atom is 0.0521 e. The van der Waals surface area contributed by atoms with E-state index in [1.165, 1.54) is 50.6 Å². The smallest absolute Gasteiger partial charge is 0.0521 e. The molecule has 1 heterocycles. The standard InChI is InChI=1S/C17H31N3/c1-4-8-18-12-16-7-6-14(5-2)9-17(16)10-15-11-19-20(3)13-15/h11,13-14,16-18H,4-10,12H2,1-3H3. The van der Waals surface area contributed by atoms with Crippen molar-refractivity contribution in [2.75, 3.05) is 13.1 Å². The molecule has 1 aromatic heterocycles. The van der Waals surface area contributed by atoms with Crippen LogP contribution in [-0.4, -0.2) is 22.9 Å². The molecule has 3 atom stereocenters. The SMILES string of the molecule is CCCNCC1CCC(CC)CC1Cc1cnn(C)c1.